The van der Waals surface area contributed by atoms with Crippen LogP contribution < -0.4 is 21.9 Å². The normalized spacial score (nSPS) is 19.3. The molecule has 0 spiro atoms. The zero-order valence-electron chi connectivity index (χ0n) is 12.3. The summed E-state index contributed by atoms with van der Waals surface area (Å²) in [5.41, 5.74) is 10.8. The SMILES string of the molecule is CC1(C)CN(c2cnn(CC(N)C(N)=O)c(=O)c2)CCO1. The summed E-state index contributed by atoms with van der Waals surface area (Å²) < 4.78 is 6.78. The van der Waals surface area contributed by atoms with Crippen LogP contribution in [0, 0.1) is 0 Å². The zero-order chi connectivity index (χ0) is 15.6. The highest BCUT2D eigenvalue weighted by atomic mass is 16.5. The van der Waals surface area contributed by atoms with Crippen LogP contribution in [0.1, 0.15) is 13.8 Å². The second-order valence-electron chi connectivity index (χ2n) is 5.77. The second kappa shape index (κ2) is 5.82. The van der Waals surface area contributed by atoms with E-state index >= 15 is 0 Å². The minimum atomic E-state index is -0.927. The van der Waals surface area contributed by atoms with Crippen LogP contribution in [0.15, 0.2) is 17.1 Å². The van der Waals surface area contributed by atoms with Crippen molar-refractivity contribution in [3.05, 3.63) is 22.6 Å². The quantitative estimate of drug-likeness (QED) is 0.711. The molecule has 1 atom stereocenters. The van der Waals surface area contributed by atoms with E-state index in [-0.39, 0.29) is 17.7 Å². The molecule has 1 aromatic heterocycles. The number of ether oxygens (including phenoxy) is 1. The highest BCUT2D eigenvalue weighted by Crippen LogP contribution is 2.21. The molecule has 0 radical (unpaired) electrons. The van der Waals surface area contributed by atoms with E-state index in [2.05, 4.69) is 10.00 Å². The number of carbonyl (C=O) groups excluding carboxylic acids is 1. The lowest BCUT2D eigenvalue weighted by Crippen LogP contribution is -2.49. The second-order valence-corrected chi connectivity index (χ2v) is 5.77. The molecule has 4 N–H and O–H groups in total. The first-order valence-corrected chi connectivity index (χ1v) is 6.79. The highest BCUT2D eigenvalue weighted by Gasteiger charge is 2.27. The first-order valence-electron chi connectivity index (χ1n) is 6.79. The van der Waals surface area contributed by atoms with Gasteiger partial charge in [-0.15, -0.1) is 0 Å². The number of anilines is 1. The molecule has 1 aliphatic rings. The number of hydrogen-bond donors (Lipinski definition) is 2. The van der Waals surface area contributed by atoms with Gasteiger partial charge in [0.2, 0.25) is 5.91 Å². The van der Waals surface area contributed by atoms with Crippen LogP contribution in [0.25, 0.3) is 0 Å². The Morgan fingerprint density at radius 1 is 1.57 bits per heavy atom. The topological polar surface area (TPSA) is 116 Å². The Labute approximate surface area is 122 Å². The fraction of sp³-hybridized carbons (Fsp3) is 0.615. The first-order chi connectivity index (χ1) is 9.78. The molecular weight excluding hydrogens is 274 g/mol. The fourth-order valence-electron chi connectivity index (χ4n) is 2.25. The van der Waals surface area contributed by atoms with Crippen LogP contribution in [-0.2, 0) is 16.1 Å². The number of primary amides is 1. The first kappa shape index (κ1) is 15.5. The van der Waals surface area contributed by atoms with E-state index in [0.717, 1.165) is 10.4 Å². The van der Waals surface area contributed by atoms with Gasteiger partial charge in [-0.3, -0.25) is 9.59 Å². The summed E-state index contributed by atoms with van der Waals surface area (Å²) >= 11 is 0. The number of amides is 1. The Hall–Kier alpha value is -1.93. The van der Waals surface area contributed by atoms with Gasteiger partial charge in [0, 0.05) is 19.2 Å². The lowest BCUT2D eigenvalue weighted by atomic mass is 10.1. The lowest BCUT2D eigenvalue weighted by Gasteiger charge is -2.39. The number of aromatic nitrogens is 2. The number of nitrogens with two attached hydrogens (primary N) is 2. The molecule has 21 heavy (non-hydrogen) atoms. The molecular formula is C13H21N5O3. The molecule has 2 heterocycles. The van der Waals surface area contributed by atoms with Gasteiger partial charge in [-0.05, 0) is 13.8 Å². The van der Waals surface area contributed by atoms with Crippen molar-refractivity contribution in [1.29, 1.82) is 0 Å². The smallest absolute Gasteiger partial charge is 0.268 e. The van der Waals surface area contributed by atoms with Crippen LogP contribution >= 0.6 is 0 Å². The van der Waals surface area contributed by atoms with Gasteiger partial charge in [-0.2, -0.15) is 5.10 Å². The van der Waals surface area contributed by atoms with Crippen molar-refractivity contribution in [3.8, 4) is 0 Å². The number of hydrogen-bond acceptors (Lipinski definition) is 6. The Bertz CT molecular complexity index is 583. The molecule has 1 aliphatic heterocycles. The zero-order valence-corrected chi connectivity index (χ0v) is 12.3. The molecule has 1 unspecified atom stereocenters. The molecule has 8 heteroatoms. The summed E-state index contributed by atoms with van der Waals surface area (Å²) in [6, 6.07) is 0.561. The third-order valence-electron chi connectivity index (χ3n) is 3.38. The molecule has 0 aliphatic carbocycles. The van der Waals surface area contributed by atoms with Gasteiger partial charge in [0.25, 0.3) is 5.56 Å². The number of nitrogens with zero attached hydrogens (tertiary/aromatic N) is 3. The Morgan fingerprint density at radius 3 is 2.86 bits per heavy atom. The molecule has 0 bridgehead atoms. The Morgan fingerprint density at radius 2 is 2.29 bits per heavy atom. The molecule has 1 amide bonds. The maximum atomic E-state index is 12.0. The summed E-state index contributed by atoms with van der Waals surface area (Å²) in [5.74, 6) is -0.664. The standard InChI is InChI=1S/C13H21N5O3/c1-13(2)8-17(3-4-21-13)9-5-11(19)18(16-6-9)7-10(14)12(15)20/h5-6,10H,3-4,7-8,14H2,1-2H3,(H2,15,20). The monoisotopic (exact) mass is 295 g/mol. The molecule has 1 fully saturated rings. The van der Waals surface area contributed by atoms with Gasteiger partial charge in [-0.1, -0.05) is 0 Å². The van der Waals surface area contributed by atoms with Gasteiger partial charge in [-0.25, -0.2) is 4.68 Å². The van der Waals surface area contributed by atoms with Gasteiger partial charge in [0.05, 0.1) is 30.6 Å². The molecule has 0 aromatic carbocycles. The summed E-state index contributed by atoms with van der Waals surface area (Å²) in [5, 5.41) is 4.06. The number of morpholine rings is 1. The van der Waals surface area contributed by atoms with E-state index in [4.69, 9.17) is 16.2 Å². The minimum Gasteiger partial charge on any atom is -0.372 e. The molecule has 116 valence electrons. The van der Waals surface area contributed by atoms with Crippen molar-refractivity contribution in [2.24, 2.45) is 11.5 Å². The van der Waals surface area contributed by atoms with E-state index in [0.29, 0.717) is 19.7 Å². The summed E-state index contributed by atoms with van der Waals surface area (Å²) in [4.78, 5) is 25.0. The van der Waals surface area contributed by atoms with E-state index in [1.165, 1.54) is 6.07 Å². The van der Waals surface area contributed by atoms with Crippen LogP contribution in [-0.4, -0.2) is 47.0 Å². The highest BCUT2D eigenvalue weighted by molar-refractivity contribution is 5.79. The van der Waals surface area contributed by atoms with Crippen molar-refractivity contribution >= 4 is 11.6 Å². The predicted octanol–water partition coefficient (Wildman–Crippen LogP) is -1.33. The van der Waals surface area contributed by atoms with E-state index in [1.54, 1.807) is 6.20 Å². The summed E-state index contributed by atoms with van der Waals surface area (Å²) in [6.45, 7) is 5.96. The van der Waals surface area contributed by atoms with Crippen LogP contribution in [0.5, 0.6) is 0 Å². The van der Waals surface area contributed by atoms with Crippen molar-refractivity contribution in [2.45, 2.75) is 32.0 Å². The van der Waals surface area contributed by atoms with E-state index in [9.17, 15) is 9.59 Å². The van der Waals surface area contributed by atoms with Crippen molar-refractivity contribution in [3.63, 3.8) is 0 Å². The Balaban J connectivity index is 2.15. The molecule has 0 saturated carbocycles. The van der Waals surface area contributed by atoms with Crippen LogP contribution in [0.3, 0.4) is 0 Å². The third-order valence-corrected chi connectivity index (χ3v) is 3.38. The van der Waals surface area contributed by atoms with Crippen molar-refractivity contribution < 1.29 is 9.53 Å². The van der Waals surface area contributed by atoms with Crippen LogP contribution in [0.2, 0.25) is 0 Å². The molecule has 1 aromatic rings. The summed E-state index contributed by atoms with van der Waals surface area (Å²) in [6.07, 6.45) is 1.59. The molecule has 8 nitrogen and oxygen atoms in total. The maximum absolute atomic E-state index is 12.0. The van der Waals surface area contributed by atoms with E-state index < -0.39 is 11.9 Å². The minimum absolute atomic E-state index is 0.0248. The van der Waals surface area contributed by atoms with Crippen molar-refractivity contribution in [2.75, 3.05) is 24.6 Å². The van der Waals surface area contributed by atoms with Gasteiger partial charge in [0.1, 0.15) is 6.04 Å². The number of rotatable bonds is 4. The number of carbonyl (C=O) groups is 1. The average Bonchev–Trinajstić information content (AvgIpc) is 2.39. The fourth-order valence-corrected chi connectivity index (χ4v) is 2.25. The lowest BCUT2D eigenvalue weighted by molar-refractivity contribution is -0.119. The van der Waals surface area contributed by atoms with Crippen molar-refractivity contribution in [1.82, 2.24) is 9.78 Å². The van der Waals surface area contributed by atoms with Crippen LogP contribution in [0.4, 0.5) is 5.69 Å². The third kappa shape index (κ3) is 3.79. The predicted molar refractivity (Wildman–Crippen MR) is 77.9 cm³/mol. The average molecular weight is 295 g/mol. The van der Waals surface area contributed by atoms with E-state index in [1.807, 2.05) is 13.8 Å². The largest absolute Gasteiger partial charge is 0.372 e. The Kier molecular flexibility index (Phi) is 4.29. The maximum Gasteiger partial charge on any atom is 0.268 e. The van der Waals surface area contributed by atoms with Gasteiger partial charge >= 0.3 is 0 Å². The molecule has 1 saturated heterocycles. The van der Waals surface area contributed by atoms with Gasteiger partial charge < -0.3 is 21.1 Å². The summed E-state index contributed by atoms with van der Waals surface area (Å²) in [7, 11) is 0. The molecule has 2 rings (SSSR count). The van der Waals surface area contributed by atoms with Gasteiger partial charge in [0.15, 0.2) is 0 Å².